The zero-order valence-corrected chi connectivity index (χ0v) is 14.6. The fourth-order valence-electron chi connectivity index (χ4n) is 4.70. The number of carbonyl (C=O) groups is 1. The van der Waals surface area contributed by atoms with Gasteiger partial charge in [-0.3, -0.25) is 4.79 Å². The van der Waals surface area contributed by atoms with Crippen molar-refractivity contribution in [3.8, 4) is 0 Å². The summed E-state index contributed by atoms with van der Waals surface area (Å²) in [6.45, 7) is 0.262. The minimum Gasteiger partial charge on any atom is -0.396 e. The number of likely N-dealkylation sites (tertiary alicyclic amines) is 1. The van der Waals surface area contributed by atoms with Crippen LogP contribution in [0.5, 0.6) is 0 Å². The van der Waals surface area contributed by atoms with Crippen molar-refractivity contribution in [2.75, 3.05) is 13.2 Å². The van der Waals surface area contributed by atoms with Crippen molar-refractivity contribution in [1.29, 1.82) is 0 Å². The molecule has 1 fully saturated rings. The summed E-state index contributed by atoms with van der Waals surface area (Å²) in [4.78, 5) is 12.8. The molecule has 10 heteroatoms. The first-order valence-corrected chi connectivity index (χ1v) is 8.70. The molecule has 0 bridgehead atoms. The Morgan fingerprint density at radius 3 is 2.32 bits per heavy atom. The van der Waals surface area contributed by atoms with Gasteiger partial charge in [0.2, 0.25) is 6.41 Å². The first-order valence-electron chi connectivity index (χ1n) is 8.70. The standard InChI is InChI=1S/C18H18F7NO2/c19-16(17(20,21)22,18(23,24)25)12-2-3-13-11(8-12)9-14-15(13,4-1-7-27)5-6-26(14)10-28/h2-3,8,10,14,27H,1,4-7,9H2. The van der Waals surface area contributed by atoms with Crippen molar-refractivity contribution >= 4 is 6.41 Å². The summed E-state index contributed by atoms with van der Waals surface area (Å²) >= 11 is 0. The molecule has 0 radical (unpaired) electrons. The van der Waals surface area contributed by atoms with Crippen LogP contribution in [0.2, 0.25) is 0 Å². The molecule has 0 saturated carbocycles. The van der Waals surface area contributed by atoms with E-state index in [0.717, 1.165) is 6.07 Å². The Morgan fingerprint density at radius 1 is 1.14 bits per heavy atom. The van der Waals surface area contributed by atoms with Gasteiger partial charge in [-0.25, -0.2) is 4.39 Å². The molecule has 0 spiro atoms. The average molecular weight is 413 g/mol. The molecule has 1 aromatic carbocycles. The van der Waals surface area contributed by atoms with E-state index in [4.69, 9.17) is 5.11 Å². The molecule has 1 aromatic rings. The maximum Gasteiger partial charge on any atom is 0.435 e. The molecule has 2 atom stereocenters. The van der Waals surface area contributed by atoms with Gasteiger partial charge >= 0.3 is 18.0 Å². The Morgan fingerprint density at radius 2 is 1.79 bits per heavy atom. The van der Waals surface area contributed by atoms with E-state index in [0.29, 0.717) is 49.9 Å². The van der Waals surface area contributed by atoms with Crippen molar-refractivity contribution < 1.29 is 40.6 Å². The third kappa shape index (κ3) is 2.79. The Bertz CT molecular complexity index is 747. The second-order valence-corrected chi connectivity index (χ2v) is 7.32. The summed E-state index contributed by atoms with van der Waals surface area (Å²) in [7, 11) is 0. The molecule has 1 amide bonds. The zero-order chi connectivity index (χ0) is 21.0. The highest BCUT2D eigenvalue weighted by Crippen LogP contribution is 2.56. The number of hydrogen-bond acceptors (Lipinski definition) is 2. The summed E-state index contributed by atoms with van der Waals surface area (Å²) in [5, 5.41) is 9.16. The highest BCUT2D eigenvalue weighted by molar-refractivity contribution is 5.55. The molecule has 2 aliphatic rings. The summed E-state index contributed by atoms with van der Waals surface area (Å²) in [5.41, 5.74) is -6.96. The van der Waals surface area contributed by atoms with Crippen molar-refractivity contribution in [1.82, 2.24) is 4.90 Å². The second kappa shape index (κ2) is 6.60. The van der Waals surface area contributed by atoms with Gasteiger partial charge in [0, 0.05) is 30.2 Å². The van der Waals surface area contributed by atoms with Crippen LogP contribution in [0.25, 0.3) is 0 Å². The van der Waals surface area contributed by atoms with Crippen LogP contribution in [0.1, 0.15) is 36.0 Å². The van der Waals surface area contributed by atoms with Crippen molar-refractivity contribution in [3.05, 3.63) is 34.9 Å². The van der Waals surface area contributed by atoms with Crippen molar-refractivity contribution in [2.45, 2.75) is 55.2 Å². The molecule has 1 heterocycles. The maximum atomic E-state index is 14.4. The van der Waals surface area contributed by atoms with Crippen LogP contribution in [0.3, 0.4) is 0 Å². The Hall–Kier alpha value is -1.84. The van der Waals surface area contributed by atoms with E-state index in [-0.39, 0.29) is 18.6 Å². The summed E-state index contributed by atoms with van der Waals surface area (Å²) in [6.07, 6.45) is -10.4. The SMILES string of the molecule is O=CN1CCC2(CCCO)c3ccc(C(F)(C(F)(F)F)C(F)(F)F)cc3CC12. The quantitative estimate of drug-likeness (QED) is 0.590. The number of rotatable bonds is 5. The molecule has 156 valence electrons. The topological polar surface area (TPSA) is 40.5 Å². The molecular formula is C18H18F7NO2. The van der Waals surface area contributed by atoms with Gasteiger partial charge in [0.25, 0.3) is 0 Å². The van der Waals surface area contributed by atoms with E-state index < -0.39 is 35.0 Å². The van der Waals surface area contributed by atoms with Gasteiger partial charge in [-0.15, -0.1) is 0 Å². The van der Waals surface area contributed by atoms with Gasteiger partial charge in [-0.2, -0.15) is 26.3 Å². The number of aliphatic hydroxyl groups excluding tert-OH is 1. The highest BCUT2D eigenvalue weighted by atomic mass is 19.4. The molecule has 0 aromatic heterocycles. The molecule has 1 aliphatic carbocycles. The van der Waals surface area contributed by atoms with Gasteiger partial charge < -0.3 is 10.0 Å². The third-order valence-electron chi connectivity index (χ3n) is 6.00. The lowest BCUT2D eigenvalue weighted by Crippen LogP contribution is -2.50. The van der Waals surface area contributed by atoms with Crippen molar-refractivity contribution in [3.63, 3.8) is 0 Å². The monoisotopic (exact) mass is 413 g/mol. The van der Waals surface area contributed by atoms with Crippen LogP contribution in [-0.2, 0) is 22.3 Å². The first-order chi connectivity index (χ1) is 12.9. The van der Waals surface area contributed by atoms with Gasteiger partial charge in [0.15, 0.2) is 0 Å². The lowest BCUT2D eigenvalue weighted by Gasteiger charge is -2.33. The molecule has 2 unspecified atom stereocenters. The Kier molecular flexibility index (Phi) is 4.92. The fourth-order valence-corrected chi connectivity index (χ4v) is 4.70. The predicted molar refractivity (Wildman–Crippen MR) is 84.2 cm³/mol. The Balaban J connectivity index is 2.10. The molecule has 3 rings (SSSR count). The number of aliphatic hydroxyl groups is 1. The highest BCUT2D eigenvalue weighted by Gasteiger charge is 2.73. The van der Waals surface area contributed by atoms with Crippen LogP contribution in [-0.4, -0.2) is 48.0 Å². The number of fused-ring (bicyclic) bond motifs is 3. The van der Waals surface area contributed by atoms with E-state index in [1.54, 1.807) is 0 Å². The van der Waals surface area contributed by atoms with E-state index in [1.807, 2.05) is 0 Å². The van der Waals surface area contributed by atoms with Crippen LogP contribution in [0.4, 0.5) is 30.7 Å². The number of alkyl halides is 7. The first kappa shape index (κ1) is 20.9. The Labute approximate surface area is 156 Å². The van der Waals surface area contributed by atoms with Crippen LogP contribution in [0, 0.1) is 0 Å². The average Bonchev–Trinajstić information content (AvgIpc) is 3.10. The molecular weight excluding hydrogens is 395 g/mol. The molecule has 1 N–H and O–H groups in total. The number of amides is 1. The number of nitrogens with zero attached hydrogens (tertiary/aromatic N) is 1. The zero-order valence-electron chi connectivity index (χ0n) is 14.6. The molecule has 28 heavy (non-hydrogen) atoms. The fraction of sp³-hybridized carbons (Fsp3) is 0.611. The van der Waals surface area contributed by atoms with Gasteiger partial charge in [-0.1, -0.05) is 18.2 Å². The van der Waals surface area contributed by atoms with Gasteiger partial charge in [-0.05, 0) is 36.8 Å². The number of carbonyl (C=O) groups excluding carboxylic acids is 1. The smallest absolute Gasteiger partial charge is 0.396 e. The van der Waals surface area contributed by atoms with Crippen LogP contribution in [0.15, 0.2) is 18.2 Å². The van der Waals surface area contributed by atoms with E-state index in [1.165, 1.54) is 4.90 Å². The van der Waals surface area contributed by atoms with Crippen LogP contribution < -0.4 is 0 Å². The molecule has 1 saturated heterocycles. The summed E-state index contributed by atoms with van der Waals surface area (Å²) in [6, 6.07) is 1.83. The maximum absolute atomic E-state index is 14.4. The normalized spacial score (nSPS) is 25.0. The number of benzene rings is 1. The van der Waals surface area contributed by atoms with E-state index in [9.17, 15) is 35.5 Å². The molecule has 1 aliphatic heterocycles. The lowest BCUT2D eigenvalue weighted by molar-refractivity contribution is -0.348. The second-order valence-electron chi connectivity index (χ2n) is 7.32. The number of hydrogen-bond donors (Lipinski definition) is 1. The van der Waals surface area contributed by atoms with Crippen LogP contribution >= 0.6 is 0 Å². The molecule has 3 nitrogen and oxygen atoms in total. The summed E-state index contributed by atoms with van der Waals surface area (Å²) < 4.78 is 92.7. The van der Waals surface area contributed by atoms with E-state index in [2.05, 4.69) is 0 Å². The minimum absolute atomic E-state index is 0.0408. The minimum atomic E-state index is -6.17. The van der Waals surface area contributed by atoms with E-state index >= 15 is 0 Å². The predicted octanol–water partition coefficient (Wildman–Crippen LogP) is 3.77. The van der Waals surface area contributed by atoms with Gasteiger partial charge in [0.1, 0.15) is 0 Å². The summed E-state index contributed by atoms with van der Waals surface area (Å²) in [5.74, 6) is 0. The number of halogens is 7. The lowest BCUT2D eigenvalue weighted by atomic mass is 9.74. The van der Waals surface area contributed by atoms with Gasteiger partial charge in [0.05, 0.1) is 0 Å². The van der Waals surface area contributed by atoms with Crippen molar-refractivity contribution in [2.24, 2.45) is 0 Å². The third-order valence-corrected chi connectivity index (χ3v) is 6.00. The largest absolute Gasteiger partial charge is 0.435 e.